The fourth-order valence-corrected chi connectivity index (χ4v) is 2.02. The van der Waals surface area contributed by atoms with Crippen molar-refractivity contribution in [3.8, 4) is 11.3 Å². The van der Waals surface area contributed by atoms with Crippen LogP contribution in [-0.4, -0.2) is 9.97 Å². The van der Waals surface area contributed by atoms with Gasteiger partial charge in [-0.2, -0.15) is 0 Å². The fraction of sp³-hybridized carbons (Fsp3) is 0.0625. The van der Waals surface area contributed by atoms with Crippen molar-refractivity contribution in [2.45, 2.75) is 6.54 Å². The minimum Gasteiger partial charge on any atom is -0.381 e. The fourth-order valence-electron chi connectivity index (χ4n) is 2.02. The summed E-state index contributed by atoms with van der Waals surface area (Å²) in [7, 11) is 0. The van der Waals surface area contributed by atoms with E-state index in [9.17, 15) is 4.39 Å². The third-order valence-corrected chi connectivity index (χ3v) is 3.08. The molecule has 3 nitrogen and oxygen atoms in total. The van der Waals surface area contributed by atoms with Gasteiger partial charge in [-0.3, -0.25) is 0 Å². The number of benzene rings is 2. The number of anilines is 1. The molecule has 20 heavy (non-hydrogen) atoms. The molecule has 0 saturated carbocycles. The largest absolute Gasteiger partial charge is 0.381 e. The summed E-state index contributed by atoms with van der Waals surface area (Å²) < 4.78 is 12.8. The number of imidazole rings is 1. The number of aromatic nitrogens is 2. The van der Waals surface area contributed by atoms with E-state index in [1.165, 1.54) is 12.1 Å². The van der Waals surface area contributed by atoms with Gasteiger partial charge in [0.1, 0.15) is 5.82 Å². The first-order valence-corrected chi connectivity index (χ1v) is 6.38. The van der Waals surface area contributed by atoms with Crippen molar-refractivity contribution in [1.82, 2.24) is 9.97 Å². The van der Waals surface area contributed by atoms with Crippen LogP contribution in [0.2, 0.25) is 0 Å². The number of hydrogen-bond donors (Lipinski definition) is 2. The van der Waals surface area contributed by atoms with E-state index < -0.39 is 0 Å². The Bertz CT molecular complexity index is 675. The Hall–Kier alpha value is -2.62. The number of hydrogen-bond acceptors (Lipinski definition) is 2. The minimum absolute atomic E-state index is 0.213. The molecule has 0 fully saturated rings. The van der Waals surface area contributed by atoms with E-state index in [0.29, 0.717) is 6.54 Å². The average Bonchev–Trinajstić information content (AvgIpc) is 3.01. The Morgan fingerprint density at radius 2 is 1.95 bits per heavy atom. The lowest BCUT2D eigenvalue weighted by molar-refractivity contribution is 0.627. The normalized spacial score (nSPS) is 10.4. The van der Waals surface area contributed by atoms with Crippen molar-refractivity contribution in [1.29, 1.82) is 0 Å². The van der Waals surface area contributed by atoms with Gasteiger partial charge in [0.2, 0.25) is 0 Å². The van der Waals surface area contributed by atoms with Crippen molar-refractivity contribution in [2.75, 3.05) is 5.32 Å². The van der Waals surface area contributed by atoms with Gasteiger partial charge < -0.3 is 10.3 Å². The number of rotatable bonds is 4. The van der Waals surface area contributed by atoms with Crippen molar-refractivity contribution in [2.24, 2.45) is 0 Å². The number of aromatic amines is 1. The topological polar surface area (TPSA) is 40.7 Å². The molecule has 0 aliphatic rings. The van der Waals surface area contributed by atoms with Gasteiger partial charge in [0.05, 0.1) is 18.2 Å². The van der Waals surface area contributed by atoms with Crippen molar-refractivity contribution >= 4 is 5.69 Å². The molecule has 0 radical (unpaired) electrons. The van der Waals surface area contributed by atoms with Gasteiger partial charge in [-0.15, -0.1) is 0 Å². The molecular weight excluding hydrogens is 253 g/mol. The van der Waals surface area contributed by atoms with E-state index in [1.54, 1.807) is 24.7 Å². The van der Waals surface area contributed by atoms with Crippen LogP contribution in [0.15, 0.2) is 61.1 Å². The van der Waals surface area contributed by atoms with E-state index in [2.05, 4.69) is 21.4 Å². The zero-order chi connectivity index (χ0) is 13.8. The lowest BCUT2D eigenvalue weighted by Crippen LogP contribution is -1.99. The summed E-state index contributed by atoms with van der Waals surface area (Å²) in [6.07, 6.45) is 3.45. The molecule has 1 aromatic heterocycles. The third kappa shape index (κ3) is 2.85. The predicted molar refractivity (Wildman–Crippen MR) is 77.8 cm³/mol. The number of H-pyrrole nitrogens is 1. The molecule has 3 rings (SSSR count). The Morgan fingerprint density at radius 3 is 2.70 bits per heavy atom. The van der Waals surface area contributed by atoms with E-state index in [1.807, 2.05) is 18.2 Å². The van der Waals surface area contributed by atoms with Crippen LogP contribution < -0.4 is 5.32 Å². The van der Waals surface area contributed by atoms with Crippen molar-refractivity contribution < 1.29 is 4.39 Å². The highest BCUT2D eigenvalue weighted by atomic mass is 19.1. The maximum atomic E-state index is 12.8. The first-order chi connectivity index (χ1) is 9.81. The van der Waals surface area contributed by atoms with Gasteiger partial charge >= 0.3 is 0 Å². The van der Waals surface area contributed by atoms with Crippen LogP contribution in [0.25, 0.3) is 11.3 Å². The van der Waals surface area contributed by atoms with E-state index in [-0.39, 0.29) is 5.82 Å². The SMILES string of the molecule is Fc1ccc(CNc2cccc(-c3cnc[nH]3)c2)cc1. The lowest BCUT2D eigenvalue weighted by Gasteiger charge is -2.08. The predicted octanol–water partition coefficient (Wildman–Crippen LogP) is 3.83. The summed E-state index contributed by atoms with van der Waals surface area (Å²) in [5, 5.41) is 3.33. The second kappa shape index (κ2) is 5.57. The smallest absolute Gasteiger partial charge is 0.123 e. The Balaban J connectivity index is 1.72. The van der Waals surface area contributed by atoms with Crippen LogP contribution in [0, 0.1) is 5.82 Å². The highest BCUT2D eigenvalue weighted by molar-refractivity contribution is 5.64. The summed E-state index contributed by atoms with van der Waals surface area (Å²) >= 11 is 0. The summed E-state index contributed by atoms with van der Waals surface area (Å²) in [5.74, 6) is -0.213. The Labute approximate surface area is 116 Å². The molecule has 3 aromatic rings. The molecule has 0 bridgehead atoms. The third-order valence-electron chi connectivity index (χ3n) is 3.08. The van der Waals surface area contributed by atoms with Crippen LogP contribution in [0.5, 0.6) is 0 Å². The molecule has 0 aliphatic carbocycles. The van der Waals surface area contributed by atoms with Gasteiger partial charge in [0.25, 0.3) is 0 Å². The minimum atomic E-state index is -0.213. The van der Waals surface area contributed by atoms with E-state index in [0.717, 1.165) is 22.5 Å². The van der Waals surface area contributed by atoms with Gasteiger partial charge in [0, 0.05) is 17.8 Å². The molecule has 2 N–H and O–H groups in total. The van der Waals surface area contributed by atoms with E-state index in [4.69, 9.17) is 0 Å². The average molecular weight is 267 g/mol. The molecule has 0 aliphatic heterocycles. The molecule has 0 unspecified atom stereocenters. The highest BCUT2D eigenvalue weighted by Gasteiger charge is 2.00. The summed E-state index contributed by atoms with van der Waals surface area (Å²) in [6.45, 7) is 0.659. The second-order valence-electron chi connectivity index (χ2n) is 4.53. The van der Waals surface area contributed by atoms with E-state index >= 15 is 0 Å². The highest BCUT2D eigenvalue weighted by Crippen LogP contribution is 2.20. The van der Waals surface area contributed by atoms with Gasteiger partial charge in [-0.1, -0.05) is 24.3 Å². The van der Waals surface area contributed by atoms with Crippen LogP contribution in [0.1, 0.15) is 5.56 Å². The van der Waals surface area contributed by atoms with Gasteiger partial charge in [0.15, 0.2) is 0 Å². The summed E-state index contributed by atoms with van der Waals surface area (Å²) in [4.78, 5) is 7.10. The molecule has 0 spiro atoms. The Kier molecular flexibility index (Phi) is 3.46. The molecule has 2 aromatic carbocycles. The molecule has 0 amide bonds. The Morgan fingerprint density at radius 1 is 1.10 bits per heavy atom. The second-order valence-corrected chi connectivity index (χ2v) is 4.53. The summed E-state index contributed by atoms with van der Waals surface area (Å²) in [5.41, 5.74) is 4.11. The standard InChI is InChI=1S/C16H14FN3/c17-14-6-4-12(5-7-14)9-19-15-3-1-2-13(8-15)16-10-18-11-20-16/h1-8,10-11,19H,9H2,(H,18,20). The maximum absolute atomic E-state index is 12.8. The van der Waals surface area contributed by atoms with Crippen LogP contribution >= 0.6 is 0 Å². The zero-order valence-corrected chi connectivity index (χ0v) is 10.8. The van der Waals surface area contributed by atoms with Crippen LogP contribution in [0.3, 0.4) is 0 Å². The molecule has 1 heterocycles. The lowest BCUT2D eigenvalue weighted by atomic mass is 10.1. The maximum Gasteiger partial charge on any atom is 0.123 e. The first-order valence-electron chi connectivity index (χ1n) is 6.38. The zero-order valence-electron chi connectivity index (χ0n) is 10.8. The van der Waals surface area contributed by atoms with Gasteiger partial charge in [-0.25, -0.2) is 9.37 Å². The molecule has 100 valence electrons. The summed E-state index contributed by atoms with van der Waals surface area (Å²) in [6, 6.07) is 14.6. The monoisotopic (exact) mass is 267 g/mol. The first kappa shape index (κ1) is 12.4. The molecule has 0 atom stereocenters. The van der Waals surface area contributed by atoms with Crippen molar-refractivity contribution in [3.63, 3.8) is 0 Å². The van der Waals surface area contributed by atoms with Crippen LogP contribution in [0.4, 0.5) is 10.1 Å². The molecular formula is C16H14FN3. The number of nitrogens with one attached hydrogen (secondary N) is 2. The molecule has 4 heteroatoms. The molecule has 0 saturated heterocycles. The number of nitrogens with zero attached hydrogens (tertiary/aromatic N) is 1. The number of halogens is 1. The van der Waals surface area contributed by atoms with Crippen LogP contribution in [-0.2, 0) is 6.54 Å². The van der Waals surface area contributed by atoms with Gasteiger partial charge in [-0.05, 0) is 29.8 Å². The quantitative estimate of drug-likeness (QED) is 0.754. The van der Waals surface area contributed by atoms with Crippen molar-refractivity contribution in [3.05, 3.63) is 72.4 Å².